The van der Waals surface area contributed by atoms with E-state index < -0.39 is 0 Å². The Bertz CT molecular complexity index is 606. The fourth-order valence-corrected chi connectivity index (χ4v) is 2.52. The summed E-state index contributed by atoms with van der Waals surface area (Å²) in [5.41, 5.74) is 3.47. The summed E-state index contributed by atoms with van der Waals surface area (Å²) in [5.74, 6) is 2.18. The van der Waals surface area contributed by atoms with Crippen molar-refractivity contribution in [2.24, 2.45) is 0 Å². The van der Waals surface area contributed by atoms with Crippen LogP contribution in [0.15, 0.2) is 12.4 Å². The van der Waals surface area contributed by atoms with Gasteiger partial charge in [0.15, 0.2) is 11.6 Å². The molecule has 1 N–H and O–H groups in total. The van der Waals surface area contributed by atoms with Crippen molar-refractivity contribution in [3.8, 4) is 11.6 Å². The second-order valence-corrected chi connectivity index (χ2v) is 5.14. The minimum Gasteiger partial charge on any atom is -0.370 e. The molecule has 0 bridgehead atoms. The normalized spacial score (nSPS) is 13.9. The SMILES string of the molecule is CCNc1nc(-c2ncc(C)cn2)nc2c1CCCC2. The van der Waals surface area contributed by atoms with Crippen LogP contribution in [-0.4, -0.2) is 26.5 Å². The van der Waals surface area contributed by atoms with Gasteiger partial charge in [-0.3, -0.25) is 0 Å². The van der Waals surface area contributed by atoms with Crippen molar-refractivity contribution in [1.29, 1.82) is 0 Å². The number of hydrogen-bond acceptors (Lipinski definition) is 5. The zero-order valence-electron chi connectivity index (χ0n) is 12.0. The smallest absolute Gasteiger partial charge is 0.199 e. The predicted molar refractivity (Wildman–Crippen MR) is 78.6 cm³/mol. The first-order valence-electron chi connectivity index (χ1n) is 7.20. The van der Waals surface area contributed by atoms with E-state index in [0.29, 0.717) is 11.6 Å². The maximum absolute atomic E-state index is 4.68. The maximum atomic E-state index is 4.68. The van der Waals surface area contributed by atoms with Gasteiger partial charge in [-0.05, 0) is 45.1 Å². The van der Waals surface area contributed by atoms with Crippen LogP contribution < -0.4 is 5.32 Å². The van der Waals surface area contributed by atoms with Gasteiger partial charge in [0, 0.05) is 30.2 Å². The molecule has 0 fully saturated rings. The molecule has 0 atom stereocenters. The molecule has 1 aliphatic carbocycles. The molecule has 0 radical (unpaired) electrons. The van der Waals surface area contributed by atoms with Gasteiger partial charge in [0.2, 0.25) is 0 Å². The molecule has 0 aliphatic heterocycles. The van der Waals surface area contributed by atoms with Crippen molar-refractivity contribution in [3.63, 3.8) is 0 Å². The number of anilines is 1. The lowest BCUT2D eigenvalue weighted by molar-refractivity contribution is 0.664. The van der Waals surface area contributed by atoms with Gasteiger partial charge in [0.05, 0.1) is 0 Å². The van der Waals surface area contributed by atoms with Crippen LogP contribution in [0.1, 0.15) is 36.6 Å². The minimum atomic E-state index is 0.600. The van der Waals surface area contributed by atoms with Crippen molar-refractivity contribution in [2.45, 2.75) is 39.5 Å². The summed E-state index contributed by atoms with van der Waals surface area (Å²) in [5, 5.41) is 3.35. The molecule has 5 heteroatoms. The van der Waals surface area contributed by atoms with E-state index in [2.05, 4.69) is 32.2 Å². The van der Waals surface area contributed by atoms with Gasteiger partial charge in [-0.25, -0.2) is 19.9 Å². The average Bonchev–Trinajstić information content (AvgIpc) is 2.48. The highest BCUT2D eigenvalue weighted by atomic mass is 15.1. The average molecular weight is 269 g/mol. The lowest BCUT2D eigenvalue weighted by Gasteiger charge is -2.19. The van der Waals surface area contributed by atoms with Crippen LogP contribution in [0.4, 0.5) is 5.82 Å². The summed E-state index contributed by atoms with van der Waals surface area (Å²) in [6.45, 7) is 4.92. The van der Waals surface area contributed by atoms with E-state index in [4.69, 9.17) is 0 Å². The standard InChI is InChI=1S/C15H19N5/c1-3-16-13-11-6-4-5-7-12(11)19-15(20-13)14-17-8-10(2)9-18-14/h8-9H,3-7H2,1-2H3,(H,16,19,20). The highest BCUT2D eigenvalue weighted by Gasteiger charge is 2.18. The molecule has 0 amide bonds. The monoisotopic (exact) mass is 269 g/mol. The molecule has 2 aromatic rings. The highest BCUT2D eigenvalue weighted by Crippen LogP contribution is 2.27. The van der Waals surface area contributed by atoms with E-state index in [-0.39, 0.29) is 0 Å². The summed E-state index contributed by atoms with van der Waals surface area (Å²) in [6, 6.07) is 0. The van der Waals surface area contributed by atoms with Gasteiger partial charge < -0.3 is 5.32 Å². The first kappa shape index (κ1) is 13.0. The Morgan fingerprint density at radius 2 is 1.80 bits per heavy atom. The number of hydrogen-bond donors (Lipinski definition) is 1. The first-order valence-corrected chi connectivity index (χ1v) is 7.20. The van der Waals surface area contributed by atoms with Crippen molar-refractivity contribution >= 4 is 5.82 Å². The second-order valence-electron chi connectivity index (χ2n) is 5.14. The van der Waals surface area contributed by atoms with Crippen LogP contribution in [0.2, 0.25) is 0 Å². The number of aromatic nitrogens is 4. The van der Waals surface area contributed by atoms with Crippen LogP contribution in [0.3, 0.4) is 0 Å². The van der Waals surface area contributed by atoms with Crippen LogP contribution in [0.25, 0.3) is 11.6 Å². The second kappa shape index (κ2) is 5.53. The number of aryl methyl sites for hydroxylation is 2. The molecule has 1 aliphatic rings. The molecule has 2 heterocycles. The summed E-state index contributed by atoms with van der Waals surface area (Å²) in [6.07, 6.45) is 8.11. The molecule has 0 spiro atoms. The summed E-state index contributed by atoms with van der Waals surface area (Å²) in [7, 11) is 0. The Morgan fingerprint density at radius 3 is 2.55 bits per heavy atom. The maximum Gasteiger partial charge on any atom is 0.199 e. The van der Waals surface area contributed by atoms with Crippen LogP contribution >= 0.6 is 0 Å². The first-order chi connectivity index (χ1) is 9.78. The molecule has 5 nitrogen and oxygen atoms in total. The van der Waals surface area contributed by atoms with E-state index in [1.807, 2.05) is 6.92 Å². The van der Waals surface area contributed by atoms with E-state index in [9.17, 15) is 0 Å². The van der Waals surface area contributed by atoms with Gasteiger partial charge in [0.1, 0.15) is 5.82 Å². The summed E-state index contributed by atoms with van der Waals surface area (Å²) < 4.78 is 0. The zero-order chi connectivity index (χ0) is 13.9. The van der Waals surface area contributed by atoms with Crippen LogP contribution in [0, 0.1) is 6.92 Å². The summed E-state index contributed by atoms with van der Waals surface area (Å²) >= 11 is 0. The Kier molecular flexibility index (Phi) is 3.58. The lowest BCUT2D eigenvalue weighted by atomic mass is 9.96. The number of rotatable bonds is 3. The summed E-state index contributed by atoms with van der Waals surface area (Å²) in [4.78, 5) is 18.0. The van der Waals surface area contributed by atoms with E-state index in [1.165, 1.54) is 18.4 Å². The quantitative estimate of drug-likeness (QED) is 0.927. The topological polar surface area (TPSA) is 63.6 Å². The fraction of sp³-hybridized carbons (Fsp3) is 0.467. The lowest BCUT2D eigenvalue weighted by Crippen LogP contribution is -2.14. The number of nitrogens with one attached hydrogen (secondary N) is 1. The van der Waals surface area contributed by atoms with Gasteiger partial charge in [-0.15, -0.1) is 0 Å². The van der Waals surface area contributed by atoms with Crippen molar-refractivity contribution in [1.82, 2.24) is 19.9 Å². The molecular weight excluding hydrogens is 250 g/mol. The highest BCUT2D eigenvalue weighted by molar-refractivity contribution is 5.55. The zero-order valence-corrected chi connectivity index (χ0v) is 12.0. The molecule has 104 valence electrons. The molecule has 0 unspecified atom stereocenters. The third kappa shape index (κ3) is 2.48. The molecule has 2 aromatic heterocycles. The molecule has 0 saturated carbocycles. The van der Waals surface area contributed by atoms with Crippen molar-refractivity contribution in [3.05, 3.63) is 29.2 Å². The van der Waals surface area contributed by atoms with E-state index in [0.717, 1.165) is 36.5 Å². The molecule has 20 heavy (non-hydrogen) atoms. The van der Waals surface area contributed by atoms with Gasteiger partial charge in [-0.1, -0.05) is 0 Å². The predicted octanol–water partition coefficient (Wildman–Crippen LogP) is 2.55. The van der Waals surface area contributed by atoms with E-state index in [1.54, 1.807) is 12.4 Å². The van der Waals surface area contributed by atoms with Crippen molar-refractivity contribution < 1.29 is 0 Å². The van der Waals surface area contributed by atoms with Crippen LogP contribution in [0.5, 0.6) is 0 Å². The Hall–Kier alpha value is -2.04. The number of nitrogens with zero attached hydrogens (tertiary/aromatic N) is 4. The van der Waals surface area contributed by atoms with Crippen molar-refractivity contribution in [2.75, 3.05) is 11.9 Å². The largest absolute Gasteiger partial charge is 0.370 e. The Labute approximate surface area is 118 Å². The molecular formula is C15H19N5. The minimum absolute atomic E-state index is 0.600. The Balaban J connectivity index is 2.07. The van der Waals surface area contributed by atoms with Gasteiger partial charge >= 0.3 is 0 Å². The van der Waals surface area contributed by atoms with Crippen LogP contribution in [-0.2, 0) is 12.8 Å². The third-order valence-corrected chi connectivity index (χ3v) is 3.51. The van der Waals surface area contributed by atoms with Gasteiger partial charge in [0.25, 0.3) is 0 Å². The Morgan fingerprint density at radius 1 is 1.05 bits per heavy atom. The van der Waals surface area contributed by atoms with Gasteiger partial charge in [-0.2, -0.15) is 0 Å². The molecule has 0 saturated heterocycles. The third-order valence-electron chi connectivity index (χ3n) is 3.51. The van der Waals surface area contributed by atoms with E-state index >= 15 is 0 Å². The fourth-order valence-electron chi connectivity index (χ4n) is 2.52. The molecule has 3 rings (SSSR count). The molecule has 0 aromatic carbocycles. The number of fused-ring (bicyclic) bond motifs is 1.